The minimum atomic E-state index is -4.64. The van der Waals surface area contributed by atoms with Gasteiger partial charge in [0.2, 0.25) is 6.10 Å². The van der Waals surface area contributed by atoms with Gasteiger partial charge < -0.3 is 4.74 Å². The quantitative estimate of drug-likeness (QED) is 0.739. The van der Waals surface area contributed by atoms with Crippen LogP contribution in [0.5, 0.6) is 0 Å². The molecule has 90 valence electrons. The first-order valence-electron chi connectivity index (χ1n) is 4.72. The van der Waals surface area contributed by atoms with Gasteiger partial charge in [-0.15, -0.1) is 0 Å². The van der Waals surface area contributed by atoms with Crippen LogP contribution >= 0.6 is 0 Å². The molecule has 0 aliphatic carbocycles. The highest BCUT2D eigenvalue weighted by molar-refractivity contribution is 5.88. The summed E-state index contributed by atoms with van der Waals surface area (Å²) >= 11 is 0. The summed E-state index contributed by atoms with van der Waals surface area (Å²) in [7, 11) is 0. The number of Topliss-reactive ketones (excluding diaryl/α,β-unsaturated/α-hetero) is 1. The molecule has 0 aromatic heterocycles. The lowest BCUT2D eigenvalue weighted by molar-refractivity contribution is -0.228. The fourth-order valence-electron chi connectivity index (χ4n) is 0.953. The third-order valence-electron chi connectivity index (χ3n) is 1.68. The molecule has 0 N–H and O–H groups in total. The van der Waals surface area contributed by atoms with Crippen LogP contribution in [0.15, 0.2) is 0 Å². The number of ether oxygens (including phenoxy) is 1. The van der Waals surface area contributed by atoms with Crippen molar-refractivity contribution in [2.24, 2.45) is 5.41 Å². The molecular weight excluding hydrogens is 209 g/mol. The SMILES string of the molecule is CC(C)OC(C(=O)C(C)(C)C)C(F)(F)F. The van der Waals surface area contributed by atoms with Gasteiger partial charge in [-0.3, -0.25) is 4.79 Å². The van der Waals surface area contributed by atoms with Gasteiger partial charge in [0.15, 0.2) is 5.78 Å². The second-order valence-corrected chi connectivity index (χ2v) is 4.72. The second kappa shape index (κ2) is 4.51. The number of carbonyl (C=O) groups excluding carboxylic acids is 1. The molecule has 5 heteroatoms. The summed E-state index contributed by atoms with van der Waals surface area (Å²) in [5, 5.41) is 0. The highest BCUT2D eigenvalue weighted by atomic mass is 19.4. The average molecular weight is 226 g/mol. The van der Waals surface area contributed by atoms with Gasteiger partial charge in [-0.25, -0.2) is 0 Å². The van der Waals surface area contributed by atoms with E-state index in [4.69, 9.17) is 0 Å². The van der Waals surface area contributed by atoms with Gasteiger partial charge in [0.05, 0.1) is 6.10 Å². The number of rotatable bonds is 3. The van der Waals surface area contributed by atoms with Crippen LogP contribution in [0.25, 0.3) is 0 Å². The van der Waals surface area contributed by atoms with Crippen LogP contribution in [0.1, 0.15) is 34.6 Å². The zero-order valence-corrected chi connectivity index (χ0v) is 9.61. The Morgan fingerprint density at radius 1 is 1.13 bits per heavy atom. The number of hydrogen-bond donors (Lipinski definition) is 0. The Morgan fingerprint density at radius 2 is 1.53 bits per heavy atom. The van der Waals surface area contributed by atoms with E-state index in [1.54, 1.807) is 0 Å². The lowest BCUT2D eigenvalue weighted by Crippen LogP contribution is -2.45. The van der Waals surface area contributed by atoms with Crippen LogP contribution in [0.4, 0.5) is 13.2 Å². The first kappa shape index (κ1) is 14.4. The van der Waals surface area contributed by atoms with Crippen LogP contribution in [-0.2, 0) is 9.53 Å². The molecule has 0 saturated carbocycles. The Hall–Kier alpha value is -0.580. The van der Waals surface area contributed by atoms with Gasteiger partial charge in [-0.2, -0.15) is 13.2 Å². The molecule has 0 aliphatic rings. The lowest BCUT2D eigenvalue weighted by atomic mass is 9.87. The molecule has 0 fully saturated rings. The number of halogens is 3. The van der Waals surface area contributed by atoms with Crippen molar-refractivity contribution in [1.29, 1.82) is 0 Å². The predicted octanol–water partition coefficient (Wildman–Crippen LogP) is 2.96. The maximum Gasteiger partial charge on any atom is 0.421 e. The normalized spacial score (nSPS) is 15.5. The van der Waals surface area contributed by atoms with Crippen LogP contribution in [0, 0.1) is 5.41 Å². The van der Waals surface area contributed by atoms with E-state index in [-0.39, 0.29) is 0 Å². The van der Waals surface area contributed by atoms with Crippen molar-refractivity contribution in [3.05, 3.63) is 0 Å². The molecule has 0 aromatic carbocycles. The van der Waals surface area contributed by atoms with Gasteiger partial charge in [0.25, 0.3) is 0 Å². The molecule has 0 aliphatic heterocycles. The lowest BCUT2D eigenvalue weighted by Gasteiger charge is -2.27. The van der Waals surface area contributed by atoms with E-state index in [0.717, 1.165) is 0 Å². The number of ketones is 1. The van der Waals surface area contributed by atoms with E-state index in [1.165, 1.54) is 34.6 Å². The zero-order valence-electron chi connectivity index (χ0n) is 9.61. The first-order chi connectivity index (χ1) is 6.46. The summed E-state index contributed by atoms with van der Waals surface area (Å²) in [5.74, 6) is -0.941. The molecule has 0 amide bonds. The number of alkyl halides is 3. The Labute approximate surface area is 87.8 Å². The summed E-state index contributed by atoms with van der Waals surface area (Å²) in [6.07, 6.45) is -7.60. The highest BCUT2D eigenvalue weighted by Crippen LogP contribution is 2.30. The van der Waals surface area contributed by atoms with Crippen molar-refractivity contribution in [1.82, 2.24) is 0 Å². The smallest absolute Gasteiger partial charge is 0.359 e. The molecule has 1 atom stereocenters. The minimum Gasteiger partial charge on any atom is -0.359 e. The van der Waals surface area contributed by atoms with Crippen LogP contribution in [0.2, 0.25) is 0 Å². The summed E-state index contributed by atoms with van der Waals surface area (Å²) in [6, 6.07) is 0. The second-order valence-electron chi connectivity index (χ2n) is 4.72. The molecular formula is C10H17F3O2. The molecule has 0 aromatic rings. The van der Waals surface area contributed by atoms with E-state index in [1.807, 2.05) is 0 Å². The van der Waals surface area contributed by atoms with Gasteiger partial charge >= 0.3 is 6.18 Å². The molecule has 0 bridgehead atoms. The van der Waals surface area contributed by atoms with E-state index < -0.39 is 29.6 Å². The fourth-order valence-corrected chi connectivity index (χ4v) is 0.953. The molecule has 0 saturated heterocycles. The molecule has 0 heterocycles. The summed E-state index contributed by atoms with van der Waals surface area (Å²) in [5.41, 5.74) is -1.06. The Morgan fingerprint density at radius 3 is 1.73 bits per heavy atom. The largest absolute Gasteiger partial charge is 0.421 e. The molecule has 0 radical (unpaired) electrons. The van der Waals surface area contributed by atoms with Crippen LogP contribution in [-0.4, -0.2) is 24.2 Å². The fraction of sp³-hybridized carbons (Fsp3) is 0.900. The van der Waals surface area contributed by atoms with Crippen molar-refractivity contribution >= 4 is 5.78 Å². The number of carbonyl (C=O) groups is 1. The van der Waals surface area contributed by atoms with Crippen molar-refractivity contribution in [3.8, 4) is 0 Å². The molecule has 0 spiro atoms. The van der Waals surface area contributed by atoms with E-state index in [0.29, 0.717) is 0 Å². The molecule has 1 unspecified atom stereocenters. The highest BCUT2D eigenvalue weighted by Gasteiger charge is 2.49. The molecule has 15 heavy (non-hydrogen) atoms. The van der Waals surface area contributed by atoms with Gasteiger partial charge in [0.1, 0.15) is 0 Å². The van der Waals surface area contributed by atoms with Crippen molar-refractivity contribution in [2.75, 3.05) is 0 Å². The van der Waals surface area contributed by atoms with Gasteiger partial charge in [-0.1, -0.05) is 20.8 Å². The Balaban J connectivity index is 4.89. The first-order valence-corrected chi connectivity index (χ1v) is 4.72. The predicted molar refractivity (Wildman–Crippen MR) is 50.5 cm³/mol. The van der Waals surface area contributed by atoms with Crippen molar-refractivity contribution in [2.45, 2.75) is 53.0 Å². The summed E-state index contributed by atoms with van der Waals surface area (Å²) in [4.78, 5) is 11.5. The monoisotopic (exact) mass is 226 g/mol. The van der Waals surface area contributed by atoms with Gasteiger partial charge in [0, 0.05) is 5.41 Å². The standard InChI is InChI=1S/C10H17F3O2/c1-6(2)15-8(10(11,12)13)7(14)9(3,4)5/h6,8H,1-5H3. The van der Waals surface area contributed by atoms with Crippen LogP contribution in [0.3, 0.4) is 0 Å². The average Bonchev–Trinajstić information content (AvgIpc) is 1.94. The Bertz CT molecular complexity index is 226. The van der Waals surface area contributed by atoms with E-state index >= 15 is 0 Å². The third-order valence-corrected chi connectivity index (χ3v) is 1.68. The van der Waals surface area contributed by atoms with Crippen molar-refractivity contribution in [3.63, 3.8) is 0 Å². The summed E-state index contributed by atoms with van der Waals surface area (Å²) < 4.78 is 42.2. The maximum atomic E-state index is 12.5. The molecule has 2 nitrogen and oxygen atoms in total. The molecule has 0 rings (SSSR count). The number of hydrogen-bond acceptors (Lipinski definition) is 2. The third kappa shape index (κ3) is 4.64. The zero-order chi connectivity index (χ0) is 12.4. The van der Waals surface area contributed by atoms with E-state index in [9.17, 15) is 18.0 Å². The topological polar surface area (TPSA) is 26.3 Å². The Kier molecular flexibility index (Phi) is 4.34. The van der Waals surface area contributed by atoms with Gasteiger partial charge in [-0.05, 0) is 13.8 Å². The summed E-state index contributed by atoms with van der Waals surface area (Å²) in [6.45, 7) is 7.26. The van der Waals surface area contributed by atoms with Crippen molar-refractivity contribution < 1.29 is 22.7 Å². The maximum absolute atomic E-state index is 12.5. The van der Waals surface area contributed by atoms with E-state index in [2.05, 4.69) is 4.74 Å². The minimum absolute atomic E-state index is 0.636. The van der Waals surface area contributed by atoms with Crippen LogP contribution < -0.4 is 0 Å².